The number of thioether (sulfide) groups is 1. The molecule has 0 radical (unpaired) electrons. The molecule has 2 aromatic carbocycles. The van der Waals surface area contributed by atoms with Crippen molar-refractivity contribution in [2.75, 3.05) is 19.5 Å². The average Bonchev–Trinajstić information content (AvgIpc) is 3.17. The van der Waals surface area contributed by atoms with Crippen LogP contribution in [-0.4, -0.2) is 34.9 Å². The van der Waals surface area contributed by atoms with Gasteiger partial charge in [-0.15, -0.1) is 0 Å². The topological polar surface area (TPSA) is 65.4 Å². The Bertz CT molecular complexity index is 1020. The van der Waals surface area contributed by atoms with Crippen LogP contribution in [0.3, 0.4) is 0 Å². The number of carbonyl (C=O) groups excluding carboxylic acids is 1. The molecule has 0 fully saturated rings. The lowest BCUT2D eigenvalue weighted by Crippen LogP contribution is -2.23. The summed E-state index contributed by atoms with van der Waals surface area (Å²) in [6.45, 7) is 6.02. The second kappa shape index (κ2) is 9.05. The van der Waals surface area contributed by atoms with Crippen molar-refractivity contribution < 1.29 is 14.3 Å². The van der Waals surface area contributed by atoms with Gasteiger partial charge in [0.1, 0.15) is 11.5 Å². The number of imidazole rings is 1. The summed E-state index contributed by atoms with van der Waals surface area (Å²) < 4.78 is 12.6. The molecule has 0 saturated carbocycles. The highest BCUT2D eigenvalue weighted by molar-refractivity contribution is 8.00. The predicted octanol–water partition coefficient (Wildman–Crippen LogP) is 4.63. The third-order valence-corrected chi connectivity index (χ3v) is 5.77. The fourth-order valence-electron chi connectivity index (χ4n) is 2.81. The van der Waals surface area contributed by atoms with Gasteiger partial charge in [-0.3, -0.25) is 9.36 Å². The van der Waals surface area contributed by atoms with E-state index in [1.807, 2.05) is 17.7 Å². The van der Waals surface area contributed by atoms with Gasteiger partial charge in [0.25, 0.3) is 0 Å². The molecule has 1 atom stereocenters. The van der Waals surface area contributed by atoms with Crippen molar-refractivity contribution in [1.29, 1.82) is 0 Å². The number of ether oxygens (including phenoxy) is 2. The van der Waals surface area contributed by atoms with Crippen LogP contribution in [0, 0.1) is 13.8 Å². The minimum absolute atomic E-state index is 0.142. The Labute approximate surface area is 175 Å². The molecule has 0 spiro atoms. The molecule has 6 nitrogen and oxygen atoms in total. The van der Waals surface area contributed by atoms with Crippen LogP contribution < -0.4 is 14.8 Å². The maximum atomic E-state index is 12.8. The van der Waals surface area contributed by atoms with Crippen LogP contribution in [0.4, 0.5) is 5.69 Å². The fraction of sp³-hybridized carbons (Fsp3) is 0.273. The van der Waals surface area contributed by atoms with Gasteiger partial charge in [-0.25, -0.2) is 4.98 Å². The van der Waals surface area contributed by atoms with Crippen LogP contribution >= 0.6 is 11.8 Å². The third kappa shape index (κ3) is 4.74. The van der Waals surface area contributed by atoms with Gasteiger partial charge in [0.05, 0.1) is 25.2 Å². The van der Waals surface area contributed by atoms with E-state index in [1.165, 1.54) is 22.9 Å². The summed E-state index contributed by atoms with van der Waals surface area (Å²) in [6, 6.07) is 11.5. The molecule has 0 aliphatic rings. The van der Waals surface area contributed by atoms with Gasteiger partial charge in [-0.2, -0.15) is 0 Å². The number of carbonyl (C=O) groups is 1. The van der Waals surface area contributed by atoms with Gasteiger partial charge in [0.2, 0.25) is 5.91 Å². The normalized spacial score (nSPS) is 11.8. The van der Waals surface area contributed by atoms with E-state index in [4.69, 9.17) is 9.47 Å². The Balaban J connectivity index is 1.76. The Hall–Kier alpha value is -2.93. The largest absolute Gasteiger partial charge is 0.497 e. The summed E-state index contributed by atoms with van der Waals surface area (Å²) in [5.74, 6) is 1.08. The molecule has 0 bridgehead atoms. The van der Waals surface area contributed by atoms with Crippen LogP contribution in [0.5, 0.6) is 11.5 Å². The Morgan fingerprint density at radius 2 is 1.90 bits per heavy atom. The molecule has 0 aliphatic carbocycles. The molecular formula is C22H25N3O3S. The first kappa shape index (κ1) is 20.8. The molecule has 1 heterocycles. The van der Waals surface area contributed by atoms with E-state index >= 15 is 0 Å². The molecule has 3 aromatic rings. The van der Waals surface area contributed by atoms with Gasteiger partial charge in [-0.05, 0) is 56.2 Å². The monoisotopic (exact) mass is 411 g/mol. The Morgan fingerprint density at radius 1 is 1.10 bits per heavy atom. The van der Waals surface area contributed by atoms with E-state index in [9.17, 15) is 4.79 Å². The van der Waals surface area contributed by atoms with Crippen LogP contribution in [0.2, 0.25) is 0 Å². The number of nitrogens with zero attached hydrogens (tertiary/aromatic N) is 2. The van der Waals surface area contributed by atoms with E-state index < -0.39 is 0 Å². The van der Waals surface area contributed by atoms with Crippen molar-refractivity contribution in [3.05, 3.63) is 59.9 Å². The SMILES string of the molecule is COc1ccc(OC)c(NC(=O)C(C)Sc2nccn2-c2ccc(C)c(C)c2)c1. The Morgan fingerprint density at radius 3 is 2.59 bits per heavy atom. The molecule has 29 heavy (non-hydrogen) atoms. The lowest BCUT2D eigenvalue weighted by atomic mass is 10.1. The van der Waals surface area contributed by atoms with E-state index in [0.29, 0.717) is 17.2 Å². The Kier molecular flexibility index (Phi) is 6.49. The summed E-state index contributed by atoms with van der Waals surface area (Å²) in [5, 5.41) is 3.32. The number of nitrogens with one attached hydrogen (secondary N) is 1. The lowest BCUT2D eigenvalue weighted by Gasteiger charge is -2.16. The number of aromatic nitrogens is 2. The van der Waals surface area contributed by atoms with Crippen molar-refractivity contribution in [3.63, 3.8) is 0 Å². The molecule has 1 unspecified atom stereocenters. The zero-order valence-electron chi connectivity index (χ0n) is 17.2. The molecule has 152 valence electrons. The van der Waals surface area contributed by atoms with Crippen molar-refractivity contribution >= 4 is 23.4 Å². The van der Waals surface area contributed by atoms with Gasteiger partial charge >= 0.3 is 0 Å². The van der Waals surface area contributed by atoms with Crippen LogP contribution in [-0.2, 0) is 4.79 Å². The number of amides is 1. The first-order valence-corrected chi connectivity index (χ1v) is 10.1. The molecule has 1 N–H and O–H groups in total. The first-order valence-electron chi connectivity index (χ1n) is 9.23. The second-order valence-corrected chi connectivity index (χ2v) is 7.97. The standard InChI is InChI=1S/C22H25N3O3S/c1-14-6-7-17(12-15(14)2)25-11-10-23-22(25)29-16(3)21(26)24-19-13-18(27-4)8-9-20(19)28-5/h6-13,16H,1-5H3,(H,24,26). The van der Waals surface area contributed by atoms with Crippen molar-refractivity contribution in [2.24, 2.45) is 0 Å². The minimum atomic E-state index is -0.362. The molecule has 3 rings (SSSR count). The summed E-state index contributed by atoms with van der Waals surface area (Å²) in [5.41, 5.74) is 4.04. The molecule has 0 saturated heterocycles. The third-order valence-electron chi connectivity index (χ3n) is 4.69. The van der Waals surface area contributed by atoms with Crippen LogP contribution in [0.1, 0.15) is 18.1 Å². The predicted molar refractivity (Wildman–Crippen MR) is 117 cm³/mol. The van der Waals surface area contributed by atoms with Crippen LogP contribution in [0.15, 0.2) is 53.9 Å². The highest BCUT2D eigenvalue weighted by Crippen LogP contribution is 2.31. The molecule has 1 aromatic heterocycles. The molecular weight excluding hydrogens is 386 g/mol. The number of methoxy groups -OCH3 is 2. The zero-order valence-corrected chi connectivity index (χ0v) is 18.0. The highest BCUT2D eigenvalue weighted by atomic mass is 32.2. The van der Waals surface area contributed by atoms with E-state index in [0.717, 1.165) is 10.8 Å². The smallest absolute Gasteiger partial charge is 0.237 e. The maximum Gasteiger partial charge on any atom is 0.237 e. The molecule has 7 heteroatoms. The van der Waals surface area contributed by atoms with Gasteiger partial charge in [0, 0.05) is 24.1 Å². The number of benzene rings is 2. The van der Waals surface area contributed by atoms with Crippen molar-refractivity contribution in [3.8, 4) is 17.2 Å². The average molecular weight is 412 g/mol. The van der Waals surface area contributed by atoms with Crippen molar-refractivity contribution in [1.82, 2.24) is 9.55 Å². The summed E-state index contributed by atoms with van der Waals surface area (Å²) in [4.78, 5) is 17.2. The van der Waals surface area contributed by atoms with E-state index in [1.54, 1.807) is 38.6 Å². The quantitative estimate of drug-likeness (QED) is 0.575. The zero-order chi connectivity index (χ0) is 21.0. The second-order valence-electron chi connectivity index (χ2n) is 6.66. The molecule has 1 amide bonds. The maximum absolute atomic E-state index is 12.8. The van der Waals surface area contributed by atoms with E-state index in [-0.39, 0.29) is 11.2 Å². The highest BCUT2D eigenvalue weighted by Gasteiger charge is 2.19. The summed E-state index contributed by atoms with van der Waals surface area (Å²) >= 11 is 1.40. The number of hydrogen-bond donors (Lipinski definition) is 1. The molecule has 0 aliphatic heterocycles. The van der Waals surface area contributed by atoms with Crippen LogP contribution in [0.25, 0.3) is 5.69 Å². The van der Waals surface area contributed by atoms with Gasteiger partial charge in [-0.1, -0.05) is 17.8 Å². The number of anilines is 1. The number of hydrogen-bond acceptors (Lipinski definition) is 5. The minimum Gasteiger partial charge on any atom is -0.497 e. The number of rotatable bonds is 7. The van der Waals surface area contributed by atoms with Gasteiger partial charge < -0.3 is 14.8 Å². The summed E-state index contributed by atoms with van der Waals surface area (Å²) in [7, 11) is 3.15. The van der Waals surface area contributed by atoms with Crippen molar-refractivity contribution in [2.45, 2.75) is 31.2 Å². The number of aryl methyl sites for hydroxylation is 2. The summed E-state index contributed by atoms with van der Waals surface area (Å²) in [6.07, 6.45) is 3.65. The fourth-order valence-corrected chi connectivity index (χ4v) is 3.69. The first-order chi connectivity index (χ1) is 13.9. The van der Waals surface area contributed by atoms with Gasteiger partial charge in [0.15, 0.2) is 5.16 Å². The van der Waals surface area contributed by atoms with E-state index in [2.05, 4.69) is 42.3 Å². The lowest BCUT2D eigenvalue weighted by molar-refractivity contribution is -0.115.